The Morgan fingerprint density at radius 2 is 1.57 bits per heavy atom. The van der Waals surface area contributed by atoms with E-state index in [1.54, 1.807) is 0 Å². The van der Waals surface area contributed by atoms with Crippen LogP contribution in [0.5, 0.6) is 0 Å². The molecular weight excluding hydrogens is 270 g/mol. The van der Waals surface area contributed by atoms with Crippen LogP contribution < -0.4 is 21.1 Å². The van der Waals surface area contributed by atoms with E-state index in [0.717, 1.165) is 26.2 Å². The molecule has 2 fully saturated rings. The zero-order valence-electron chi connectivity index (χ0n) is 12.6. The first kappa shape index (κ1) is 14.3. The number of nitrogens with one attached hydrogen (secondary N) is 1. The second-order valence-corrected chi connectivity index (χ2v) is 5.86. The molecule has 21 heavy (non-hydrogen) atoms. The largest absolute Gasteiger partial charge is 0.378 e. The summed E-state index contributed by atoms with van der Waals surface area (Å²) in [5, 5.41) is 0. The van der Waals surface area contributed by atoms with Crippen molar-refractivity contribution in [2.24, 2.45) is 17.7 Å². The highest BCUT2D eigenvalue weighted by atomic mass is 16.5. The van der Waals surface area contributed by atoms with Gasteiger partial charge in [0.15, 0.2) is 0 Å². The van der Waals surface area contributed by atoms with Gasteiger partial charge in [-0.05, 0) is 11.8 Å². The Kier molecular flexibility index (Phi) is 4.07. The van der Waals surface area contributed by atoms with Gasteiger partial charge in [0.05, 0.1) is 13.2 Å². The molecule has 3 heterocycles. The number of hydrogen-bond acceptors (Lipinski definition) is 8. The number of nitrogens with zero attached hydrogens (tertiary/aromatic N) is 5. The van der Waals surface area contributed by atoms with E-state index in [4.69, 9.17) is 10.6 Å². The predicted molar refractivity (Wildman–Crippen MR) is 81.2 cm³/mol. The van der Waals surface area contributed by atoms with Gasteiger partial charge in [-0.2, -0.15) is 15.0 Å². The average molecular weight is 293 g/mol. The molecule has 2 atom stereocenters. The van der Waals surface area contributed by atoms with Crippen LogP contribution in [-0.2, 0) is 4.74 Å². The van der Waals surface area contributed by atoms with E-state index < -0.39 is 0 Å². The number of nitrogen functional groups attached to an aromatic ring is 1. The van der Waals surface area contributed by atoms with Crippen LogP contribution in [0.3, 0.4) is 0 Å². The van der Waals surface area contributed by atoms with Gasteiger partial charge in [0.25, 0.3) is 0 Å². The first-order valence-corrected chi connectivity index (χ1v) is 7.47. The summed E-state index contributed by atoms with van der Waals surface area (Å²) in [4.78, 5) is 17.7. The fourth-order valence-electron chi connectivity index (χ4n) is 2.76. The summed E-state index contributed by atoms with van der Waals surface area (Å²) in [7, 11) is 0. The van der Waals surface area contributed by atoms with Crippen LogP contribution in [0, 0.1) is 11.8 Å². The topological polar surface area (TPSA) is 92.4 Å². The van der Waals surface area contributed by atoms with Crippen LogP contribution in [0.1, 0.15) is 13.8 Å². The fraction of sp³-hybridized carbons (Fsp3) is 0.769. The third-order valence-corrected chi connectivity index (χ3v) is 4.31. The van der Waals surface area contributed by atoms with Crippen molar-refractivity contribution in [3.8, 4) is 0 Å². The number of anilines is 3. The maximum Gasteiger partial charge on any atom is 0.243 e. The Bertz CT molecular complexity index is 481. The van der Waals surface area contributed by atoms with Gasteiger partial charge in [0.1, 0.15) is 0 Å². The van der Waals surface area contributed by atoms with Crippen molar-refractivity contribution in [3.63, 3.8) is 0 Å². The van der Waals surface area contributed by atoms with Gasteiger partial charge in [-0.3, -0.25) is 5.43 Å². The van der Waals surface area contributed by atoms with Crippen LogP contribution >= 0.6 is 0 Å². The van der Waals surface area contributed by atoms with Crippen molar-refractivity contribution >= 4 is 17.8 Å². The van der Waals surface area contributed by atoms with Crippen LogP contribution in [0.4, 0.5) is 17.8 Å². The average Bonchev–Trinajstić information content (AvgIpc) is 2.87. The lowest BCUT2D eigenvalue weighted by Crippen LogP contribution is -2.38. The van der Waals surface area contributed by atoms with Crippen molar-refractivity contribution < 1.29 is 4.74 Å². The summed E-state index contributed by atoms with van der Waals surface area (Å²) >= 11 is 0. The Morgan fingerprint density at radius 1 is 1.00 bits per heavy atom. The summed E-state index contributed by atoms with van der Waals surface area (Å²) in [6.07, 6.45) is 0. The molecule has 0 radical (unpaired) electrons. The predicted octanol–water partition coefficient (Wildman–Crippen LogP) is 0.0860. The molecule has 116 valence electrons. The molecule has 8 heteroatoms. The number of ether oxygens (including phenoxy) is 1. The Balaban J connectivity index is 1.86. The molecule has 2 unspecified atom stereocenters. The molecule has 1 aromatic rings. The van der Waals surface area contributed by atoms with E-state index in [1.807, 2.05) is 0 Å². The van der Waals surface area contributed by atoms with E-state index in [0.29, 0.717) is 42.9 Å². The molecule has 0 spiro atoms. The summed E-state index contributed by atoms with van der Waals surface area (Å²) in [5.41, 5.74) is 2.55. The smallest absolute Gasteiger partial charge is 0.243 e. The molecule has 2 aliphatic heterocycles. The van der Waals surface area contributed by atoms with Crippen LogP contribution in [0.2, 0.25) is 0 Å². The Hall–Kier alpha value is -1.67. The Labute approximate surface area is 124 Å². The highest BCUT2D eigenvalue weighted by Gasteiger charge is 2.29. The van der Waals surface area contributed by atoms with Gasteiger partial charge in [-0.15, -0.1) is 0 Å². The van der Waals surface area contributed by atoms with Crippen LogP contribution in [0.15, 0.2) is 0 Å². The van der Waals surface area contributed by atoms with Crippen molar-refractivity contribution in [2.45, 2.75) is 13.8 Å². The third-order valence-electron chi connectivity index (χ3n) is 4.31. The number of rotatable bonds is 3. The van der Waals surface area contributed by atoms with Crippen LogP contribution in [-0.4, -0.2) is 54.3 Å². The summed E-state index contributed by atoms with van der Waals surface area (Å²) in [6, 6.07) is 0. The van der Waals surface area contributed by atoms with Gasteiger partial charge >= 0.3 is 0 Å². The minimum atomic E-state index is 0.411. The number of morpholine rings is 1. The molecule has 0 saturated carbocycles. The fourth-order valence-corrected chi connectivity index (χ4v) is 2.76. The normalized spacial score (nSPS) is 26.2. The van der Waals surface area contributed by atoms with E-state index in [1.165, 1.54) is 0 Å². The molecule has 0 aromatic carbocycles. The van der Waals surface area contributed by atoms with Gasteiger partial charge < -0.3 is 14.5 Å². The van der Waals surface area contributed by atoms with E-state index in [-0.39, 0.29) is 0 Å². The minimum Gasteiger partial charge on any atom is -0.378 e. The van der Waals surface area contributed by atoms with Crippen molar-refractivity contribution in [1.29, 1.82) is 0 Å². The van der Waals surface area contributed by atoms with Gasteiger partial charge in [0.2, 0.25) is 17.8 Å². The van der Waals surface area contributed by atoms with Gasteiger partial charge in [-0.1, -0.05) is 13.8 Å². The molecule has 2 saturated heterocycles. The summed E-state index contributed by atoms with van der Waals surface area (Å²) in [6.45, 7) is 9.44. The van der Waals surface area contributed by atoms with Gasteiger partial charge in [-0.25, -0.2) is 5.84 Å². The first-order valence-electron chi connectivity index (χ1n) is 7.47. The highest BCUT2D eigenvalue weighted by Crippen LogP contribution is 2.27. The second-order valence-electron chi connectivity index (χ2n) is 5.86. The number of hydrogen-bond donors (Lipinski definition) is 2. The first-order chi connectivity index (χ1) is 10.2. The highest BCUT2D eigenvalue weighted by molar-refractivity contribution is 5.45. The summed E-state index contributed by atoms with van der Waals surface area (Å²) in [5.74, 6) is 8.57. The monoisotopic (exact) mass is 293 g/mol. The molecule has 3 rings (SSSR count). The molecule has 8 nitrogen and oxygen atoms in total. The van der Waals surface area contributed by atoms with Gasteiger partial charge in [0, 0.05) is 26.2 Å². The maximum atomic E-state index is 5.51. The zero-order valence-corrected chi connectivity index (χ0v) is 12.6. The molecule has 0 aliphatic carbocycles. The van der Waals surface area contributed by atoms with E-state index in [9.17, 15) is 0 Å². The maximum absolute atomic E-state index is 5.51. The molecule has 0 amide bonds. The number of nitrogens with two attached hydrogens (primary N) is 1. The molecular formula is C13H23N7O. The lowest BCUT2D eigenvalue weighted by atomic mass is 10.0. The number of aromatic nitrogens is 3. The summed E-state index contributed by atoms with van der Waals surface area (Å²) < 4.78 is 5.37. The minimum absolute atomic E-state index is 0.411. The second kappa shape index (κ2) is 5.98. The molecule has 3 N–H and O–H groups in total. The third kappa shape index (κ3) is 3.01. The standard InChI is InChI=1S/C13H23N7O/c1-9-7-20(8-10(9)2)13-16-11(18-14)15-12(17-13)19-3-5-21-6-4-19/h9-10H,3-8,14H2,1-2H3,(H,15,16,17,18). The SMILES string of the molecule is CC1CN(c2nc(NN)nc(N3CCOCC3)n2)CC1C. The lowest BCUT2D eigenvalue weighted by molar-refractivity contribution is 0.122. The quantitative estimate of drug-likeness (QED) is 0.598. The molecule has 2 aliphatic rings. The van der Waals surface area contributed by atoms with Crippen molar-refractivity contribution in [1.82, 2.24) is 15.0 Å². The lowest BCUT2D eigenvalue weighted by Gasteiger charge is -2.27. The van der Waals surface area contributed by atoms with Crippen molar-refractivity contribution in [2.75, 3.05) is 54.6 Å². The Morgan fingerprint density at radius 3 is 2.14 bits per heavy atom. The zero-order chi connectivity index (χ0) is 14.8. The van der Waals surface area contributed by atoms with Crippen molar-refractivity contribution in [3.05, 3.63) is 0 Å². The molecule has 1 aromatic heterocycles. The molecule has 0 bridgehead atoms. The van der Waals surface area contributed by atoms with Crippen LogP contribution in [0.25, 0.3) is 0 Å². The van der Waals surface area contributed by atoms with E-state index in [2.05, 4.69) is 44.0 Å². The van der Waals surface area contributed by atoms with E-state index >= 15 is 0 Å². The number of hydrazine groups is 1.